The number of para-hydroxylation sites is 2. The third kappa shape index (κ3) is 2.68. The maximum Gasteiger partial charge on any atom is 0.255 e. The van der Waals surface area contributed by atoms with Crippen LogP contribution in [0.3, 0.4) is 0 Å². The van der Waals surface area contributed by atoms with E-state index in [9.17, 15) is 4.79 Å². The molecule has 0 aliphatic rings. The third-order valence-corrected chi connectivity index (χ3v) is 4.31. The molecule has 1 amide bonds. The van der Waals surface area contributed by atoms with E-state index in [1.807, 2.05) is 31.3 Å². The van der Waals surface area contributed by atoms with Crippen molar-refractivity contribution in [1.82, 2.24) is 9.88 Å². The Labute approximate surface area is 135 Å². The first-order chi connectivity index (χ1) is 11.1. The fourth-order valence-electron chi connectivity index (χ4n) is 2.92. The second kappa shape index (κ2) is 6.16. The molecule has 4 heteroatoms. The summed E-state index contributed by atoms with van der Waals surface area (Å²) in [6.45, 7) is 2.56. The van der Waals surface area contributed by atoms with E-state index >= 15 is 0 Å². The highest BCUT2D eigenvalue weighted by atomic mass is 16.5. The van der Waals surface area contributed by atoms with Gasteiger partial charge in [0.1, 0.15) is 5.75 Å². The number of aromatic nitrogens is 1. The van der Waals surface area contributed by atoms with E-state index in [4.69, 9.17) is 4.74 Å². The number of hydrogen-bond donors (Lipinski definition) is 1. The van der Waals surface area contributed by atoms with Gasteiger partial charge in [0.15, 0.2) is 0 Å². The van der Waals surface area contributed by atoms with Crippen molar-refractivity contribution in [1.29, 1.82) is 0 Å². The van der Waals surface area contributed by atoms with Crippen LogP contribution in [0.25, 0.3) is 10.9 Å². The summed E-state index contributed by atoms with van der Waals surface area (Å²) in [5.41, 5.74) is 4.03. The van der Waals surface area contributed by atoms with E-state index in [1.54, 1.807) is 19.2 Å². The van der Waals surface area contributed by atoms with Crippen molar-refractivity contribution in [3.63, 3.8) is 0 Å². The molecule has 3 aromatic rings. The quantitative estimate of drug-likeness (QED) is 0.802. The van der Waals surface area contributed by atoms with Crippen LogP contribution in [0.1, 0.15) is 21.6 Å². The highest BCUT2D eigenvalue weighted by molar-refractivity contribution is 5.97. The van der Waals surface area contributed by atoms with Crippen LogP contribution in [0.15, 0.2) is 48.5 Å². The molecule has 3 rings (SSSR count). The largest absolute Gasteiger partial charge is 0.496 e. The first kappa shape index (κ1) is 15.2. The maximum absolute atomic E-state index is 12.5. The van der Waals surface area contributed by atoms with E-state index in [2.05, 4.69) is 28.9 Å². The summed E-state index contributed by atoms with van der Waals surface area (Å²) in [6.07, 6.45) is 0. The Kier molecular flexibility index (Phi) is 4.06. The van der Waals surface area contributed by atoms with Crippen molar-refractivity contribution in [3.05, 3.63) is 65.4 Å². The fourth-order valence-corrected chi connectivity index (χ4v) is 2.92. The van der Waals surface area contributed by atoms with Crippen molar-refractivity contribution in [2.75, 3.05) is 7.11 Å². The Morgan fingerprint density at radius 2 is 1.83 bits per heavy atom. The number of carbonyl (C=O) groups is 1. The lowest BCUT2D eigenvalue weighted by molar-refractivity contribution is 0.0948. The Morgan fingerprint density at radius 1 is 1.13 bits per heavy atom. The number of amides is 1. The molecule has 0 fully saturated rings. The zero-order valence-electron chi connectivity index (χ0n) is 13.6. The van der Waals surface area contributed by atoms with E-state index in [0.29, 0.717) is 17.9 Å². The second-order valence-corrected chi connectivity index (χ2v) is 5.52. The van der Waals surface area contributed by atoms with Crippen molar-refractivity contribution < 1.29 is 9.53 Å². The van der Waals surface area contributed by atoms with Crippen LogP contribution >= 0.6 is 0 Å². The zero-order valence-corrected chi connectivity index (χ0v) is 13.6. The summed E-state index contributed by atoms with van der Waals surface area (Å²) >= 11 is 0. The molecule has 0 bridgehead atoms. The number of hydrogen-bond acceptors (Lipinski definition) is 2. The van der Waals surface area contributed by atoms with E-state index < -0.39 is 0 Å². The smallest absolute Gasteiger partial charge is 0.255 e. The SMILES string of the molecule is COc1ccccc1C(=O)NCc1c(C)n(C)c2ccccc12. The maximum atomic E-state index is 12.5. The van der Waals surface area contributed by atoms with Crippen molar-refractivity contribution in [2.45, 2.75) is 13.5 Å². The number of ether oxygens (including phenoxy) is 1. The minimum Gasteiger partial charge on any atom is -0.496 e. The van der Waals surface area contributed by atoms with Gasteiger partial charge in [-0.05, 0) is 30.7 Å². The van der Waals surface area contributed by atoms with Crippen LogP contribution in [0.5, 0.6) is 5.75 Å². The van der Waals surface area contributed by atoms with Gasteiger partial charge in [-0.3, -0.25) is 4.79 Å². The Bertz CT molecular complexity index is 865. The van der Waals surface area contributed by atoms with Gasteiger partial charge in [0.05, 0.1) is 12.7 Å². The number of nitrogens with one attached hydrogen (secondary N) is 1. The minimum absolute atomic E-state index is 0.130. The number of rotatable bonds is 4. The number of fused-ring (bicyclic) bond motifs is 1. The van der Waals surface area contributed by atoms with Crippen molar-refractivity contribution in [3.8, 4) is 5.75 Å². The molecule has 4 nitrogen and oxygen atoms in total. The summed E-state index contributed by atoms with van der Waals surface area (Å²) in [4.78, 5) is 12.5. The third-order valence-electron chi connectivity index (χ3n) is 4.31. The summed E-state index contributed by atoms with van der Waals surface area (Å²) in [6, 6.07) is 15.5. The van der Waals surface area contributed by atoms with Crippen LogP contribution in [0.2, 0.25) is 0 Å². The number of nitrogens with zero attached hydrogens (tertiary/aromatic N) is 1. The molecule has 0 aliphatic carbocycles. The molecule has 0 atom stereocenters. The highest BCUT2D eigenvalue weighted by Gasteiger charge is 2.15. The van der Waals surface area contributed by atoms with Gasteiger partial charge in [-0.15, -0.1) is 0 Å². The summed E-state index contributed by atoms with van der Waals surface area (Å²) < 4.78 is 7.40. The van der Waals surface area contributed by atoms with E-state index in [-0.39, 0.29) is 5.91 Å². The Hall–Kier alpha value is -2.75. The Balaban J connectivity index is 1.87. The van der Waals surface area contributed by atoms with Gasteiger partial charge in [0, 0.05) is 30.2 Å². The first-order valence-corrected chi connectivity index (χ1v) is 7.57. The lowest BCUT2D eigenvalue weighted by Gasteiger charge is -2.09. The van der Waals surface area contributed by atoms with Gasteiger partial charge in [0.25, 0.3) is 5.91 Å². The molecule has 0 aliphatic heterocycles. The average Bonchev–Trinajstić information content (AvgIpc) is 2.84. The van der Waals surface area contributed by atoms with Crippen LogP contribution in [0.4, 0.5) is 0 Å². The normalized spacial score (nSPS) is 10.7. The van der Waals surface area contributed by atoms with Crippen LogP contribution in [-0.2, 0) is 13.6 Å². The molecular formula is C19H20N2O2. The predicted octanol–water partition coefficient (Wildman–Crippen LogP) is 3.43. The summed E-state index contributed by atoms with van der Waals surface area (Å²) in [5.74, 6) is 0.453. The molecule has 0 radical (unpaired) electrons. The molecular weight excluding hydrogens is 288 g/mol. The molecule has 1 heterocycles. The molecule has 2 aromatic carbocycles. The van der Waals surface area contributed by atoms with Crippen LogP contribution in [0, 0.1) is 6.92 Å². The number of methoxy groups -OCH3 is 1. The van der Waals surface area contributed by atoms with Gasteiger partial charge in [-0.25, -0.2) is 0 Å². The molecule has 0 unspecified atom stereocenters. The van der Waals surface area contributed by atoms with Gasteiger partial charge in [-0.1, -0.05) is 30.3 Å². The topological polar surface area (TPSA) is 43.3 Å². The standard InChI is InChI=1S/C19H20N2O2/c1-13-16(14-8-4-6-10-17(14)21(13)2)12-20-19(22)15-9-5-7-11-18(15)23-3/h4-11H,12H2,1-3H3,(H,20,22). The summed E-state index contributed by atoms with van der Waals surface area (Å²) in [5, 5.41) is 4.18. The van der Waals surface area contributed by atoms with Crippen LogP contribution < -0.4 is 10.1 Å². The van der Waals surface area contributed by atoms with Gasteiger partial charge < -0.3 is 14.6 Å². The molecule has 23 heavy (non-hydrogen) atoms. The van der Waals surface area contributed by atoms with Crippen LogP contribution in [-0.4, -0.2) is 17.6 Å². The lowest BCUT2D eigenvalue weighted by atomic mass is 10.1. The minimum atomic E-state index is -0.130. The number of aryl methyl sites for hydroxylation is 1. The van der Waals surface area contributed by atoms with E-state index in [0.717, 1.165) is 11.3 Å². The van der Waals surface area contributed by atoms with Crippen molar-refractivity contribution >= 4 is 16.8 Å². The molecule has 1 N–H and O–H groups in total. The molecule has 118 valence electrons. The molecule has 0 saturated heterocycles. The van der Waals surface area contributed by atoms with Gasteiger partial charge >= 0.3 is 0 Å². The monoisotopic (exact) mass is 308 g/mol. The second-order valence-electron chi connectivity index (χ2n) is 5.52. The molecule has 0 saturated carbocycles. The predicted molar refractivity (Wildman–Crippen MR) is 91.8 cm³/mol. The zero-order chi connectivity index (χ0) is 16.4. The number of benzene rings is 2. The highest BCUT2D eigenvalue weighted by Crippen LogP contribution is 2.25. The average molecular weight is 308 g/mol. The first-order valence-electron chi connectivity index (χ1n) is 7.57. The fraction of sp³-hybridized carbons (Fsp3) is 0.211. The molecule has 1 aromatic heterocycles. The van der Waals surface area contributed by atoms with E-state index in [1.165, 1.54) is 10.9 Å². The van der Waals surface area contributed by atoms with Crippen molar-refractivity contribution in [2.24, 2.45) is 7.05 Å². The molecule has 0 spiro atoms. The lowest BCUT2D eigenvalue weighted by Crippen LogP contribution is -2.23. The number of carbonyl (C=O) groups excluding carboxylic acids is 1. The van der Waals surface area contributed by atoms with Gasteiger partial charge in [-0.2, -0.15) is 0 Å². The Morgan fingerprint density at radius 3 is 2.61 bits per heavy atom. The van der Waals surface area contributed by atoms with Gasteiger partial charge in [0.2, 0.25) is 0 Å². The summed E-state index contributed by atoms with van der Waals surface area (Å²) in [7, 11) is 3.62.